The van der Waals surface area contributed by atoms with Gasteiger partial charge in [-0.05, 0) is 43.0 Å². The highest BCUT2D eigenvalue weighted by atomic mass is 35.5. The number of halogens is 2. The number of carbonyl (C=O) groups is 1. The van der Waals surface area contributed by atoms with E-state index in [0.29, 0.717) is 41.0 Å². The molecule has 3 nitrogen and oxygen atoms in total. The van der Waals surface area contributed by atoms with Crippen molar-refractivity contribution in [1.29, 1.82) is 0 Å². The molecule has 2 rings (SSSR count). The SMILES string of the molecule is C[C@@H]1[C@@H](C)CCC[C@H]1NC(=O)CN(C)Cc1ccc(Cl)cc1Cl. The fraction of sp³-hybridized carbons (Fsp3) is 0.611. The van der Waals surface area contributed by atoms with E-state index < -0.39 is 0 Å². The topological polar surface area (TPSA) is 32.3 Å². The Morgan fingerprint density at radius 2 is 2.04 bits per heavy atom. The Kier molecular flexibility index (Phi) is 6.75. The Morgan fingerprint density at radius 1 is 1.30 bits per heavy atom. The third-order valence-corrected chi connectivity index (χ3v) is 5.51. The van der Waals surface area contributed by atoms with Gasteiger partial charge in [0.15, 0.2) is 0 Å². The van der Waals surface area contributed by atoms with Gasteiger partial charge in [-0.2, -0.15) is 0 Å². The lowest BCUT2D eigenvalue weighted by Crippen LogP contribution is -2.46. The third-order valence-electron chi connectivity index (χ3n) is 4.92. The molecule has 0 radical (unpaired) electrons. The second-order valence-corrected chi connectivity index (χ2v) is 7.69. The van der Waals surface area contributed by atoms with Gasteiger partial charge in [-0.3, -0.25) is 9.69 Å². The number of hydrogen-bond acceptors (Lipinski definition) is 2. The van der Waals surface area contributed by atoms with Gasteiger partial charge in [0.1, 0.15) is 0 Å². The fourth-order valence-corrected chi connectivity index (χ4v) is 3.75. The first-order valence-electron chi connectivity index (χ1n) is 8.28. The molecule has 0 saturated heterocycles. The second kappa shape index (κ2) is 8.36. The molecule has 1 aliphatic carbocycles. The molecule has 1 fully saturated rings. The first-order chi connectivity index (χ1) is 10.9. The van der Waals surface area contributed by atoms with Crippen molar-refractivity contribution in [2.24, 2.45) is 11.8 Å². The van der Waals surface area contributed by atoms with Gasteiger partial charge in [-0.25, -0.2) is 0 Å². The highest BCUT2D eigenvalue weighted by Gasteiger charge is 2.28. The molecule has 5 heteroatoms. The Hall–Kier alpha value is -0.770. The van der Waals surface area contributed by atoms with Crippen molar-refractivity contribution in [3.63, 3.8) is 0 Å². The molecule has 1 aliphatic rings. The molecule has 0 aromatic heterocycles. The molecule has 0 spiro atoms. The van der Waals surface area contributed by atoms with Gasteiger partial charge >= 0.3 is 0 Å². The minimum absolute atomic E-state index is 0.0866. The number of carbonyl (C=O) groups excluding carboxylic acids is 1. The van der Waals surface area contributed by atoms with Crippen molar-refractivity contribution in [2.45, 2.75) is 45.7 Å². The van der Waals surface area contributed by atoms with Crippen LogP contribution in [-0.4, -0.2) is 30.4 Å². The Morgan fingerprint density at radius 3 is 2.74 bits per heavy atom. The van der Waals surface area contributed by atoms with Crippen molar-refractivity contribution >= 4 is 29.1 Å². The summed E-state index contributed by atoms with van der Waals surface area (Å²) in [6, 6.07) is 5.77. The molecule has 3 atom stereocenters. The smallest absolute Gasteiger partial charge is 0.234 e. The molecule has 23 heavy (non-hydrogen) atoms. The van der Waals surface area contributed by atoms with Crippen LogP contribution in [0.4, 0.5) is 0 Å². The zero-order valence-corrected chi connectivity index (χ0v) is 15.6. The molecule has 0 heterocycles. The summed E-state index contributed by atoms with van der Waals surface area (Å²) in [6.07, 6.45) is 3.55. The van der Waals surface area contributed by atoms with Crippen LogP contribution < -0.4 is 5.32 Å². The lowest BCUT2D eigenvalue weighted by Gasteiger charge is -2.35. The lowest BCUT2D eigenvalue weighted by molar-refractivity contribution is -0.123. The molecule has 128 valence electrons. The van der Waals surface area contributed by atoms with E-state index in [4.69, 9.17) is 23.2 Å². The normalized spacial score (nSPS) is 24.7. The van der Waals surface area contributed by atoms with Crippen molar-refractivity contribution in [1.82, 2.24) is 10.2 Å². The predicted octanol–water partition coefficient (Wildman–Crippen LogP) is 4.37. The van der Waals surface area contributed by atoms with E-state index in [1.54, 1.807) is 6.07 Å². The predicted molar refractivity (Wildman–Crippen MR) is 96.9 cm³/mol. The van der Waals surface area contributed by atoms with Crippen LogP contribution >= 0.6 is 23.2 Å². The number of benzene rings is 1. The minimum atomic E-state index is 0.0866. The molecule has 0 bridgehead atoms. The first-order valence-corrected chi connectivity index (χ1v) is 9.04. The van der Waals surface area contributed by atoms with Gasteiger partial charge in [0.05, 0.1) is 6.54 Å². The summed E-state index contributed by atoms with van der Waals surface area (Å²) in [5, 5.41) is 4.47. The number of nitrogens with one attached hydrogen (secondary N) is 1. The average Bonchev–Trinajstić information content (AvgIpc) is 2.47. The number of rotatable bonds is 5. The standard InChI is InChI=1S/C18H26Cl2N2O/c1-12-5-4-6-17(13(12)2)21-18(23)11-22(3)10-14-7-8-15(19)9-16(14)20/h7-9,12-13,17H,4-6,10-11H2,1-3H3,(H,21,23)/t12-,13+,17+/m0/s1. The zero-order chi connectivity index (χ0) is 17.0. The molecule has 1 aromatic carbocycles. The first kappa shape index (κ1) is 18.6. The van der Waals surface area contributed by atoms with Crippen LogP contribution in [0.1, 0.15) is 38.7 Å². The van der Waals surface area contributed by atoms with Crippen molar-refractivity contribution in [3.05, 3.63) is 33.8 Å². The van der Waals surface area contributed by atoms with E-state index >= 15 is 0 Å². The van der Waals surface area contributed by atoms with Crippen LogP contribution in [0, 0.1) is 11.8 Å². The van der Waals surface area contributed by atoms with E-state index in [1.807, 2.05) is 24.1 Å². The minimum Gasteiger partial charge on any atom is -0.352 e. The average molecular weight is 357 g/mol. The van der Waals surface area contributed by atoms with Crippen molar-refractivity contribution < 1.29 is 4.79 Å². The molecule has 1 saturated carbocycles. The summed E-state index contributed by atoms with van der Waals surface area (Å²) in [7, 11) is 1.93. The van der Waals surface area contributed by atoms with Crippen LogP contribution in [0.25, 0.3) is 0 Å². The summed E-state index contributed by atoms with van der Waals surface area (Å²) in [5.74, 6) is 1.31. The van der Waals surface area contributed by atoms with Crippen LogP contribution in [0.3, 0.4) is 0 Å². The Balaban J connectivity index is 1.84. The van der Waals surface area contributed by atoms with Gasteiger partial charge in [0, 0.05) is 22.6 Å². The summed E-state index contributed by atoms with van der Waals surface area (Å²) < 4.78 is 0. The van der Waals surface area contributed by atoms with Gasteiger partial charge in [-0.15, -0.1) is 0 Å². The van der Waals surface area contributed by atoms with Crippen molar-refractivity contribution in [2.75, 3.05) is 13.6 Å². The summed E-state index contributed by atoms with van der Waals surface area (Å²) >= 11 is 12.1. The number of amides is 1. The molecule has 1 N–H and O–H groups in total. The highest BCUT2D eigenvalue weighted by molar-refractivity contribution is 6.35. The van der Waals surface area contributed by atoms with E-state index in [-0.39, 0.29) is 5.91 Å². The van der Waals surface area contributed by atoms with Crippen LogP contribution in [0.2, 0.25) is 10.0 Å². The molecule has 0 unspecified atom stereocenters. The quantitative estimate of drug-likeness (QED) is 0.849. The monoisotopic (exact) mass is 356 g/mol. The maximum Gasteiger partial charge on any atom is 0.234 e. The van der Waals surface area contributed by atoms with E-state index in [2.05, 4.69) is 19.2 Å². The Bertz CT molecular complexity index is 550. The lowest BCUT2D eigenvalue weighted by atomic mass is 9.78. The number of nitrogens with zero attached hydrogens (tertiary/aromatic N) is 1. The van der Waals surface area contributed by atoms with E-state index in [1.165, 1.54) is 12.8 Å². The van der Waals surface area contributed by atoms with E-state index in [0.717, 1.165) is 12.0 Å². The molecule has 1 amide bonds. The maximum absolute atomic E-state index is 12.3. The molecule has 1 aromatic rings. The van der Waals surface area contributed by atoms with Crippen molar-refractivity contribution in [3.8, 4) is 0 Å². The second-order valence-electron chi connectivity index (χ2n) is 6.85. The van der Waals surface area contributed by atoms with Gasteiger partial charge in [-0.1, -0.05) is 56.0 Å². The zero-order valence-electron chi connectivity index (χ0n) is 14.1. The molecular formula is C18H26Cl2N2O. The van der Waals surface area contributed by atoms with E-state index in [9.17, 15) is 4.79 Å². The number of hydrogen-bond donors (Lipinski definition) is 1. The molecule has 0 aliphatic heterocycles. The maximum atomic E-state index is 12.3. The Labute approximate surface area is 149 Å². The van der Waals surface area contributed by atoms with Gasteiger partial charge in [0.2, 0.25) is 5.91 Å². The third kappa shape index (κ3) is 5.37. The van der Waals surface area contributed by atoms with Crippen LogP contribution in [0.15, 0.2) is 18.2 Å². The number of likely N-dealkylation sites (N-methyl/N-ethyl adjacent to an activating group) is 1. The largest absolute Gasteiger partial charge is 0.352 e. The fourth-order valence-electron chi connectivity index (χ4n) is 3.28. The van der Waals surface area contributed by atoms with Crippen LogP contribution in [0.5, 0.6) is 0 Å². The van der Waals surface area contributed by atoms with Gasteiger partial charge in [0.25, 0.3) is 0 Å². The van der Waals surface area contributed by atoms with Gasteiger partial charge < -0.3 is 5.32 Å². The summed E-state index contributed by atoms with van der Waals surface area (Å²) in [4.78, 5) is 14.3. The van der Waals surface area contributed by atoms with Crippen LogP contribution in [-0.2, 0) is 11.3 Å². The highest BCUT2D eigenvalue weighted by Crippen LogP contribution is 2.29. The molecular weight excluding hydrogens is 331 g/mol. The summed E-state index contributed by atoms with van der Waals surface area (Å²) in [6.45, 7) is 5.51. The summed E-state index contributed by atoms with van der Waals surface area (Å²) in [5.41, 5.74) is 0.978.